The van der Waals surface area contributed by atoms with Crippen molar-refractivity contribution in [1.82, 2.24) is 4.90 Å². The Morgan fingerprint density at radius 1 is 1.60 bits per heavy atom. The number of anilines is 1. The van der Waals surface area contributed by atoms with Crippen LogP contribution in [-0.4, -0.2) is 35.5 Å². The van der Waals surface area contributed by atoms with Gasteiger partial charge in [-0.05, 0) is 38.1 Å². The largest absolute Gasteiger partial charge is 0.381 e. The Morgan fingerprint density at radius 2 is 2.40 bits per heavy atom. The summed E-state index contributed by atoms with van der Waals surface area (Å²) in [6, 6.07) is 6.83. The summed E-state index contributed by atoms with van der Waals surface area (Å²) in [5, 5.41) is 23.1. The van der Waals surface area contributed by atoms with E-state index >= 15 is 0 Å². The predicted molar refractivity (Wildman–Crippen MR) is 76.6 cm³/mol. The molecule has 0 saturated carbocycles. The highest BCUT2D eigenvalue weighted by atomic mass is 16.6. The lowest BCUT2D eigenvalue weighted by Gasteiger charge is -2.32. The van der Waals surface area contributed by atoms with Crippen LogP contribution in [0.15, 0.2) is 18.2 Å². The SMILES string of the molecule is CCN1CCCC(Nc2ccc(C#N)c([N+](=O)[O-])c2)C1. The summed E-state index contributed by atoms with van der Waals surface area (Å²) >= 11 is 0. The summed E-state index contributed by atoms with van der Waals surface area (Å²) in [6.45, 7) is 5.22. The fourth-order valence-electron chi connectivity index (χ4n) is 2.56. The molecule has 2 rings (SSSR count). The third-order valence-electron chi connectivity index (χ3n) is 3.64. The Kier molecular flexibility index (Phi) is 4.53. The fraction of sp³-hybridized carbons (Fsp3) is 0.500. The van der Waals surface area contributed by atoms with E-state index in [0.29, 0.717) is 11.7 Å². The lowest BCUT2D eigenvalue weighted by molar-refractivity contribution is -0.385. The maximum atomic E-state index is 10.9. The highest BCUT2D eigenvalue weighted by Gasteiger charge is 2.20. The molecule has 106 valence electrons. The van der Waals surface area contributed by atoms with Gasteiger partial charge in [-0.15, -0.1) is 0 Å². The van der Waals surface area contributed by atoms with Crippen molar-refractivity contribution in [3.63, 3.8) is 0 Å². The Balaban J connectivity index is 2.12. The van der Waals surface area contributed by atoms with Gasteiger partial charge in [-0.25, -0.2) is 0 Å². The second-order valence-electron chi connectivity index (χ2n) is 4.98. The Morgan fingerprint density at radius 3 is 3.05 bits per heavy atom. The van der Waals surface area contributed by atoms with Crippen molar-refractivity contribution >= 4 is 11.4 Å². The lowest BCUT2D eigenvalue weighted by atomic mass is 10.0. The van der Waals surface area contributed by atoms with Crippen molar-refractivity contribution in [2.24, 2.45) is 0 Å². The molecule has 1 aromatic rings. The molecule has 0 amide bonds. The fourth-order valence-corrected chi connectivity index (χ4v) is 2.56. The number of piperidine rings is 1. The van der Waals surface area contributed by atoms with E-state index in [1.807, 2.05) is 6.07 Å². The summed E-state index contributed by atoms with van der Waals surface area (Å²) in [5.74, 6) is 0. The van der Waals surface area contributed by atoms with E-state index in [1.165, 1.54) is 12.1 Å². The quantitative estimate of drug-likeness (QED) is 0.673. The number of nitriles is 1. The van der Waals surface area contributed by atoms with Crippen LogP contribution in [0.4, 0.5) is 11.4 Å². The van der Waals surface area contributed by atoms with Crippen LogP contribution in [0.3, 0.4) is 0 Å². The molecular weight excluding hydrogens is 256 g/mol. The van der Waals surface area contributed by atoms with Gasteiger partial charge in [0, 0.05) is 24.3 Å². The topological polar surface area (TPSA) is 82.2 Å². The summed E-state index contributed by atoms with van der Waals surface area (Å²) in [7, 11) is 0. The molecule has 0 spiro atoms. The second kappa shape index (κ2) is 6.35. The average molecular weight is 274 g/mol. The number of hydrogen-bond donors (Lipinski definition) is 1. The highest BCUT2D eigenvalue weighted by Crippen LogP contribution is 2.24. The number of benzene rings is 1. The van der Waals surface area contributed by atoms with Gasteiger partial charge in [-0.3, -0.25) is 10.1 Å². The summed E-state index contributed by atoms with van der Waals surface area (Å²) in [4.78, 5) is 12.8. The average Bonchev–Trinajstić information content (AvgIpc) is 2.47. The molecule has 0 aromatic heterocycles. The van der Waals surface area contributed by atoms with Crippen molar-refractivity contribution in [1.29, 1.82) is 5.26 Å². The molecule has 0 bridgehead atoms. The molecule has 6 heteroatoms. The molecule has 1 fully saturated rings. The third kappa shape index (κ3) is 3.25. The molecule has 0 aliphatic carbocycles. The van der Waals surface area contributed by atoms with E-state index in [2.05, 4.69) is 17.1 Å². The van der Waals surface area contributed by atoms with Crippen LogP contribution in [0, 0.1) is 21.4 Å². The first-order valence-corrected chi connectivity index (χ1v) is 6.81. The smallest absolute Gasteiger partial charge is 0.289 e. The number of nitro groups is 1. The van der Waals surface area contributed by atoms with Crippen LogP contribution in [-0.2, 0) is 0 Å². The summed E-state index contributed by atoms with van der Waals surface area (Å²) < 4.78 is 0. The molecule has 0 radical (unpaired) electrons. The van der Waals surface area contributed by atoms with Crippen LogP contribution >= 0.6 is 0 Å². The van der Waals surface area contributed by atoms with Crippen molar-refractivity contribution in [3.05, 3.63) is 33.9 Å². The number of nitrogens with one attached hydrogen (secondary N) is 1. The molecule has 1 aliphatic rings. The van der Waals surface area contributed by atoms with Crippen molar-refractivity contribution in [2.75, 3.05) is 25.0 Å². The molecule has 1 atom stereocenters. The normalized spacial score (nSPS) is 19.3. The molecule has 1 N–H and O–H groups in total. The summed E-state index contributed by atoms with van der Waals surface area (Å²) in [5.41, 5.74) is 0.665. The molecular formula is C14H18N4O2. The molecule has 1 aliphatic heterocycles. The number of rotatable bonds is 4. The van der Waals surface area contributed by atoms with Crippen LogP contribution in [0.25, 0.3) is 0 Å². The Labute approximate surface area is 118 Å². The molecule has 20 heavy (non-hydrogen) atoms. The lowest BCUT2D eigenvalue weighted by Crippen LogP contribution is -2.41. The van der Waals surface area contributed by atoms with Crippen LogP contribution in [0.2, 0.25) is 0 Å². The minimum Gasteiger partial charge on any atom is -0.381 e. The van der Waals surface area contributed by atoms with Gasteiger partial charge in [0.2, 0.25) is 0 Å². The van der Waals surface area contributed by atoms with E-state index in [9.17, 15) is 10.1 Å². The molecule has 6 nitrogen and oxygen atoms in total. The second-order valence-corrected chi connectivity index (χ2v) is 4.98. The van der Waals surface area contributed by atoms with Crippen molar-refractivity contribution in [2.45, 2.75) is 25.8 Å². The summed E-state index contributed by atoms with van der Waals surface area (Å²) in [6.07, 6.45) is 2.19. The first-order chi connectivity index (χ1) is 9.63. The predicted octanol–water partition coefficient (Wildman–Crippen LogP) is 2.36. The molecule has 1 aromatic carbocycles. The number of likely N-dealkylation sites (tertiary alicyclic amines) is 1. The number of nitrogens with zero attached hydrogens (tertiary/aromatic N) is 3. The van der Waals surface area contributed by atoms with E-state index in [0.717, 1.165) is 32.5 Å². The maximum absolute atomic E-state index is 10.9. The third-order valence-corrected chi connectivity index (χ3v) is 3.64. The highest BCUT2D eigenvalue weighted by molar-refractivity contribution is 5.59. The van der Waals surface area contributed by atoms with Crippen LogP contribution < -0.4 is 5.32 Å². The van der Waals surface area contributed by atoms with Gasteiger partial charge >= 0.3 is 0 Å². The van der Waals surface area contributed by atoms with Crippen molar-refractivity contribution in [3.8, 4) is 6.07 Å². The van der Waals surface area contributed by atoms with E-state index in [-0.39, 0.29) is 11.3 Å². The van der Waals surface area contributed by atoms with Gasteiger partial charge in [0.25, 0.3) is 5.69 Å². The number of nitro benzene ring substituents is 1. The Hall–Kier alpha value is -2.13. The molecule has 1 heterocycles. The van der Waals surface area contributed by atoms with Crippen LogP contribution in [0.5, 0.6) is 0 Å². The van der Waals surface area contributed by atoms with Gasteiger partial charge in [-0.1, -0.05) is 6.92 Å². The van der Waals surface area contributed by atoms with Gasteiger partial charge in [-0.2, -0.15) is 5.26 Å². The van der Waals surface area contributed by atoms with Crippen molar-refractivity contribution < 1.29 is 4.92 Å². The maximum Gasteiger partial charge on any atom is 0.289 e. The Bertz CT molecular complexity index is 538. The van der Waals surface area contributed by atoms with E-state index < -0.39 is 4.92 Å². The van der Waals surface area contributed by atoms with Crippen LogP contribution in [0.1, 0.15) is 25.3 Å². The first-order valence-electron chi connectivity index (χ1n) is 6.81. The van der Waals surface area contributed by atoms with Gasteiger partial charge < -0.3 is 10.2 Å². The molecule has 1 saturated heterocycles. The van der Waals surface area contributed by atoms with Gasteiger partial charge in [0.1, 0.15) is 11.6 Å². The van der Waals surface area contributed by atoms with Gasteiger partial charge in [0.05, 0.1) is 4.92 Å². The minimum atomic E-state index is -0.511. The van der Waals surface area contributed by atoms with E-state index in [4.69, 9.17) is 5.26 Å². The molecule has 1 unspecified atom stereocenters. The van der Waals surface area contributed by atoms with E-state index in [1.54, 1.807) is 6.07 Å². The monoisotopic (exact) mass is 274 g/mol. The standard InChI is InChI=1S/C14H18N4O2/c1-2-17-7-3-4-13(10-17)16-12-6-5-11(9-15)14(8-12)18(19)20/h5-6,8,13,16H,2-4,7,10H2,1H3. The first kappa shape index (κ1) is 14.3. The number of hydrogen-bond acceptors (Lipinski definition) is 5. The number of likely N-dealkylation sites (N-methyl/N-ethyl adjacent to an activating group) is 1. The minimum absolute atomic E-state index is 0.0966. The zero-order valence-electron chi connectivity index (χ0n) is 11.5. The zero-order chi connectivity index (χ0) is 14.5. The zero-order valence-corrected chi connectivity index (χ0v) is 11.5. The van der Waals surface area contributed by atoms with Gasteiger partial charge in [0.15, 0.2) is 0 Å².